The maximum Gasteiger partial charge on any atom is 0.248 e. The van der Waals surface area contributed by atoms with Crippen LogP contribution in [0.5, 0.6) is 0 Å². The number of benzene rings is 1. The molecule has 2 heterocycles. The summed E-state index contributed by atoms with van der Waals surface area (Å²) in [6, 6.07) is 9.37. The Kier molecular flexibility index (Phi) is 4.16. The van der Waals surface area contributed by atoms with Gasteiger partial charge in [0.2, 0.25) is 5.91 Å². The molecule has 27 heavy (non-hydrogen) atoms. The smallest absolute Gasteiger partial charge is 0.248 e. The van der Waals surface area contributed by atoms with E-state index in [4.69, 9.17) is 16.2 Å². The van der Waals surface area contributed by atoms with Gasteiger partial charge in [-0.15, -0.1) is 0 Å². The summed E-state index contributed by atoms with van der Waals surface area (Å²) in [6.45, 7) is 0. The zero-order chi connectivity index (χ0) is 19.0. The third-order valence-electron chi connectivity index (χ3n) is 4.89. The molecule has 0 saturated carbocycles. The minimum Gasteiger partial charge on any atom is -0.495 e. The Hall–Kier alpha value is -3.54. The molecule has 6 heteroatoms. The predicted molar refractivity (Wildman–Crippen MR) is 105 cm³/mol. The van der Waals surface area contributed by atoms with Crippen LogP contribution in [-0.2, 0) is 4.74 Å². The first-order valence-corrected chi connectivity index (χ1v) is 8.67. The molecule has 0 atom stereocenters. The van der Waals surface area contributed by atoms with E-state index in [2.05, 4.69) is 16.0 Å². The van der Waals surface area contributed by atoms with Crippen LogP contribution in [0, 0.1) is 0 Å². The molecule has 1 amide bonds. The SMILES string of the molecule is COC1=C(N)CCC(c2cnc3[nH]cc(-c4ccc(C(N)=O)cc4)c3c2)=C1. The van der Waals surface area contributed by atoms with Gasteiger partial charge in [-0.1, -0.05) is 12.1 Å². The fourth-order valence-corrected chi connectivity index (χ4v) is 3.37. The van der Waals surface area contributed by atoms with E-state index in [0.29, 0.717) is 11.3 Å². The first-order chi connectivity index (χ1) is 13.1. The number of ether oxygens (including phenoxy) is 1. The number of H-pyrrole nitrogens is 1. The third kappa shape index (κ3) is 3.06. The number of rotatable bonds is 4. The first-order valence-electron chi connectivity index (χ1n) is 8.67. The number of hydrogen-bond donors (Lipinski definition) is 3. The highest BCUT2D eigenvalue weighted by molar-refractivity contribution is 5.97. The number of nitrogens with one attached hydrogen (secondary N) is 1. The lowest BCUT2D eigenvalue weighted by molar-refractivity contribution is 0.100. The van der Waals surface area contributed by atoms with E-state index in [0.717, 1.165) is 51.8 Å². The van der Waals surface area contributed by atoms with E-state index in [1.54, 1.807) is 19.2 Å². The molecule has 0 radical (unpaired) electrons. The number of nitrogens with zero attached hydrogens (tertiary/aromatic N) is 1. The number of hydrogen-bond acceptors (Lipinski definition) is 4. The largest absolute Gasteiger partial charge is 0.495 e. The fourth-order valence-electron chi connectivity index (χ4n) is 3.37. The fraction of sp³-hybridized carbons (Fsp3) is 0.143. The summed E-state index contributed by atoms with van der Waals surface area (Å²) >= 11 is 0. The molecular weight excluding hydrogens is 340 g/mol. The van der Waals surface area contributed by atoms with Gasteiger partial charge in [0, 0.05) is 28.9 Å². The van der Waals surface area contributed by atoms with Gasteiger partial charge in [0.25, 0.3) is 0 Å². The van der Waals surface area contributed by atoms with Crippen molar-refractivity contribution >= 4 is 22.5 Å². The van der Waals surface area contributed by atoms with Crippen molar-refractivity contribution in [2.45, 2.75) is 12.8 Å². The second-order valence-corrected chi connectivity index (χ2v) is 6.53. The average Bonchev–Trinajstić information content (AvgIpc) is 3.11. The van der Waals surface area contributed by atoms with Crippen LogP contribution in [-0.4, -0.2) is 23.0 Å². The van der Waals surface area contributed by atoms with Gasteiger partial charge in [0.05, 0.1) is 12.8 Å². The van der Waals surface area contributed by atoms with Crippen molar-refractivity contribution in [2.24, 2.45) is 11.5 Å². The Balaban J connectivity index is 1.77. The molecule has 5 N–H and O–H groups in total. The van der Waals surface area contributed by atoms with Gasteiger partial charge < -0.3 is 21.2 Å². The number of fused-ring (bicyclic) bond motifs is 1. The number of primary amides is 1. The summed E-state index contributed by atoms with van der Waals surface area (Å²) in [5.41, 5.74) is 17.6. The number of aromatic amines is 1. The van der Waals surface area contributed by atoms with Crippen LogP contribution in [0.1, 0.15) is 28.8 Å². The number of allylic oxidation sites excluding steroid dienone is 3. The molecule has 0 saturated heterocycles. The molecule has 1 aliphatic carbocycles. The zero-order valence-electron chi connectivity index (χ0n) is 15.0. The highest BCUT2D eigenvalue weighted by Crippen LogP contribution is 2.33. The minimum absolute atomic E-state index is 0.435. The quantitative estimate of drug-likeness (QED) is 0.663. The van der Waals surface area contributed by atoms with Gasteiger partial charge in [-0.3, -0.25) is 4.79 Å². The van der Waals surface area contributed by atoms with Crippen LogP contribution >= 0.6 is 0 Å². The number of carbonyl (C=O) groups is 1. The molecule has 0 spiro atoms. The second kappa shape index (κ2) is 6.64. The van der Waals surface area contributed by atoms with Crippen molar-refractivity contribution in [3.05, 3.63) is 71.4 Å². The van der Waals surface area contributed by atoms with Crippen LogP contribution in [0.25, 0.3) is 27.7 Å². The first kappa shape index (κ1) is 16.9. The van der Waals surface area contributed by atoms with Gasteiger partial charge >= 0.3 is 0 Å². The molecule has 2 aromatic heterocycles. The van der Waals surface area contributed by atoms with Crippen LogP contribution < -0.4 is 11.5 Å². The van der Waals surface area contributed by atoms with Crippen LogP contribution in [0.15, 0.2) is 60.3 Å². The van der Waals surface area contributed by atoms with E-state index in [1.165, 1.54) is 0 Å². The van der Waals surface area contributed by atoms with E-state index in [-0.39, 0.29) is 0 Å². The van der Waals surface area contributed by atoms with E-state index < -0.39 is 5.91 Å². The predicted octanol–water partition coefficient (Wildman–Crippen LogP) is 3.32. The summed E-state index contributed by atoms with van der Waals surface area (Å²) in [4.78, 5) is 19.0. The third-order valence-corrected chi connectivity index (χ3v) is 4.89. The molecule has 0 fully saturated rings. The van der Waals surface area contributed by atoms with Crippen LogP contribution in [0.2, 0.25) is 0 Å². The summed E-state index contributed by atoms with van der Waals surface area (Å²) < 4.78 is 5.37. The van der Waals surface area contributed by atoms with E-state index >= 15 is 0 Å². The number of aromatic nitrogens is 2. The minimum atomic E-state index is -0.435. The monoisotopic (exact) mass is 360 g/mol. The van der Waals surface area contributed by atoms with E-state index in [9.17, 15) is 4.79 Å². The lowest BCUT2D eigenvalue weighted by Crippen LogP contribution is -2.10. The summed E-state index contributed by atoms with van der Waals surface area (Å²) in [6.07, 6.45) is 7.38. The molecule has 0 unspecified atom stereocenters. The van der Waals surface area contributed by atoms with Crippen molar-refractivity contribution < 1.29 is 9.53 Å². The lowest BCUT2D eigenvalue weighted by Gasteiger charge is -2.17. The lowest BCUT2D eigenvalue weighted by atomic mass is 9.95. The van der Waals surface area contributed by atoms with Crippen molar-refractivity contribution in [3.8, 4) is 11.1 Å². The summed E-state index contributed by atoms with van der Waals surface area (Å²) in [7, 11) is 1.63. The molecule has 0 bridgehead atoms. The molecular formula is C21H20N4O2. The molecule has 136 valence electrons. The second-order valence-electron chi connectivity index (χ2n) is 6.53. The topological polar surface area (TPSA) is 107 Å². The van der Waals surface area contributed by atoms with Gasteiger partial charge in [0.15, 0.2) is 0 Å². The molecule has 1 aromatic carbocycles. The maximum atomic E-state index is 11.3. The zero-order valence-corrected chi connectivity index (χ0v) is 15.0. The number of pyridine rings is 1. The number of carbonyl (C=O) groups excluding carboxylic acids is 1. The van der Waals surface area contributed by atoms with Gasteiger partial charge in [-0.05, 0) is 53.8 Å². The van der Waals surface area contributed by atoms with E-state index in [1.807, 2.05) is 30.6 Å². The Morgan fingerprint density at radius 1 is 1.19 bits per heavy atom. The van der Waals surface area contributed by atoms with Crippen molar-refractivity contribution in [1.29, 1.82) is 0 Å². The van der Waals surface area contributed by atoms with Crippen LogP contribution in [0.3, 0.4) is 0 Å². The number of nitrogens with two attached hydrogens (primary N) is 2. The normalized spacial score (nSPS) is 14.3. The standard InChI is InChI=1S/C21H20N4O2/c1-27-19-9-14(6-7-18(19)22)15-8-16-17(11-25-21(16)24-10-15)12-2-4-13(5-3-12)20(23)26/h2-5,8-11H,6-7,22H2,1H3,(H2,23,26)(H,24,25). The van der Waals surface area contributed by atoms with Gasteiger partial charge in [0.1, 0.15) is 11.4 Å². The summed E-state index contributed by atoms with van der Waals surface area (Å²) in [5, 5.41) is 1.02. The van der Waals surface area contributed by atoms with Crippen molar-refractivity contribution in [3.63, 3.8) is 0 Å². The maximum absolute atomic E-state index is 11.3. The molecule has 1 aliphatic rings. The molecule has 6 nitrogen and oxygen atoms in total. The van der Waals surface area contributed by atoms with Crippen molar-refractivity contribution in [1.82, 2.24) is 9.97 Å². The number of methoxy groups -OCH3 is 1. The molecule has 3 aromatic rings. The molecule has 4 rings (SSSR count). The molecule has 0 aliphatic heterocycles. The Morgan fingerprint density at radius 3 is 2.67 bits per heavy atom. The van der Waals surface area contributed by atoms with Crippen molar-refractivity contribution in [2.75, 3.05) is 7.11 Å². The summed E-state index contributed by atoms with van der Waals surface area (Å²) in [5.74, 6) is 0.280. The Morgan fingerprint density at radius 2 is 1.96 bits per heavy atom. The van der Waals surface area contributed by atoms with Gasteiger partial charge in [-0.2, -0.15) is 0 Å². The van der Waals surface area contributed by atoms with Crippen LogP contribution in [0.4, 0.5) is 0 Å². The Labute approximate surface area is 156 Å². The average molecular weight is 360 g/mol. The highest BCUT2D eigenvalue weighted by Gasteiger charge is 2.15. The highest BCUT2D eigenvalue weighted by atomic mass is 16.5. The number of amides is 1. The Bertz CT molecular complexity index is 1090. The van der Waals surface area contributed by atoms with Gasteiger partial charge in [-0.25, -0.2) is 4.98 Å².